The number of aryl methyl sites for hydroxylation is 1. The van der Waals surface area contributed by atoms with Crippen molar-refractivity contribution in [1.29, 1.82) is 5.26 Å². The van der Waals surface area contributed by atoms with E-state index < -0.39 is 0 Å². The van der Waals surface area contributed by atoms with Crippen LogP contribution < -0.4 is 0 Å². The Morgan fingerprint density at radius 1 is 1.45 bits per heavy atom. The number of ketones is 1. The molecule has 0 bridgehead atoms. The minimum absolute atomic E-state index is 0.100. The average molecular weight is 316 g/mol. The summed E-state index contributed by atoms with van der Waals surface area (Å²) in [6.07, 6.45) is 0. The number of nitriles is 1. The van der Waals surface area contributed by atoms with Crippen LogP contribution >= 0.6 is 11.8 Å². The van der Waals surface area contributed by atoms with Gasteiger partial charge in [-0.05, 0) is 19.9 Å². The molecule has 2 heterocycles. The van der Waals surface area contributed by atoms with E-state index in [1.807, 2.05) is 13.8 Å². The molecule has 0 unspecified atom stereocenters. The minimum Gasteiger partial charge on any atom is -0.338 e. The third-order valence-corrected chi connectivity index (χ3v) is 3.99. The molecule has 0 fully saturated rings. The number of aromatic nitrogens is 3. The van der Waals surface area contributed by atoms with Gasteiger partial charge in [-0.15, -0.1) is 0 Å². The number of thioether (sulfide) groups is 1. The topological polar surface area (TPSA) is 92.7 Å². The Balaban J connectivity index is 2.20. The summed E-state index contributed by atoms with van der Waals surface area (Å²) in [5.41, 5.74) is 1.47. The first-order chi connectivity index (χ1) is 10.4. The molecular weight excluding hydrogens is 300 g/mol. The van der Waals surface area contributed by atoms with Gasteiger partial charge >= 0.3 is 0 Å². The largest absolute Gasteiger partial charge is 0.338 e. The van der Waals surface area contributed by atoms with Crippen LogP contribution in [0, 0.1) is 18.3 Å². The molecule has 0 saturated carbocycles. The first-order valence-electron chi connectivity index (χ1n) is 6.80. The van der Waals surface area contributed by atoms with Gasteiger partial charge < -0.3 is 4.52 Å². The molecule has 6 nitrogen and oxygen atoms in total. The number of pyridine rings is 1. The number of carbonyl (C=O) groups is 1. The van der Waals surface area contributed by atoms with Crippen LogP contribution in [0.2, 0.25) is 0 Å². The maximum Gasteiger partial charge on any atom is 0.237 e. The highest BCUT2D eigenvalue weighted by atomic mass is 32.2. The molecule has 0 aliphatic rings. The molecule has 0 spiro atoms. The summed E-state index contributed by atoms with van der Waals surface area (Å²) >= 11 is 1.34. The maximum atomic E-state index is 11.5. The summed E-state index contributed by atoms with van der Waals surface area (Å²) < 4.78 is 5.17. The van der Waals surface area contributed by atoms with Crippen molar-refractivity contribution < 1.29 is 9.32 Å². The molecule has 7 heteroatoms. The number of hydrogen-bond donors (Lipinski definition) is 0. The number of carbonyl (C=O) groups excluding carboxylic acids is 1. The van der Waals surface area contributed by atoms with Crippen molar-refractivity contribution in [2.75, 3.05) is 0 Å². The van der Waals surface area contributed by atoms with Gasteiger partial charge in [-0.2, -0.15) is 10.2 Å². The zero-order valence-electron chi connectivity index (χ0n) is 12.9. The molecule has 0 N–H and O–H groups in total. The van der Waals surface area contributed by atoms with Gasteiger partial charge in [0.25, 0.3) is 0 Å². The van der Waals surface area contributed by atoms with Gasteiger partial charge in [-0.25, -0.2) is 4.98 Å². The van der Waals surface area contributed by atoms with Crippen LogP contribution in [0.5, 0.6) is 0 Å². The highest BCUT2D eigenvalue weighted by Gasteiger charge is 2.15. The molecule has 0 amide bonds. The van der Waals surface area contributed by atoms with E-state index in [9.17, 15) is 10.1 Å². The first-order valence-corrected chi connectivity index (χ1v) is 7.79. The number of hydrogen-bond acceptors (Lipinski definition) is 7. The summed E-state index contributed by atoms with van der Waals surface area (Å²) in [7, 11) is 0. The number of nitrogens with zero attached hydrogens (tertiary/aromatic N) is 4. The lowest BCUT2D eigenvalue weighted by atomic mass is 10.1. The molecule has 22 heavy (non-hydrogen) atoms. The van der Waals surface area contributed by atoms with Crippen molar-refractivity contribution in [3.63, 3.8) is 0 Å². The predicted octanol–water partition coefficient (Wildman–Crippen LogP) is 3.26. The predicted molar refractivity (Wildman–Crippen MR) is 81.6 cm³/mol. The zero-order chi connectivity index (χ0) is 16.3. The normalized spacial score (nSPS) is 10.7. The Bertz CT molecular complexity index is 746. The summed E-state index contributed by atoms with van der Waals surface area (Å²) in [5.74, 6) is 1.68. The van der Waals surface area contributed by atoms with Crippen LogP contribution in [0.25, 0.3) is 0 Å². The van der Waals surface area contributed by atoms with Gasteiger partial charge in [-0.3, -0.25) is 4.79 Å². The average Bonchev–Trinajstić information content (AvgIpc) is 2.93. The fraction of sp³-hybridized carbons (Fsp3) is 0.400. The maximum absolute atomic E-state index is 11.5. The van der Waals surface area contributed by atoms with Gasteiger partial charge in [0.15, 0.2) is 11.6 Å². The van der Waals surface area contributed by atoms with Gasteiger partial charge in [0.05, 0.1) is 11.3 Å². The van der Waals surface area contributed by atoms with Crippen molar-refractivity contribution in [1.82, 2.24) is 15.1 Å². The second kappa shape index (κ2) is 6.71. The summed E-state index contributed by atoms with van der Waals surface area (Å²) in [6, 6.07) is 3.66. The second-order valence-corrected chi connectivity index (χ2v) is 6.10. The summed E-state index contributed by atoms with van der Waals surface area (Å²) in [6.45, 7) is 7.19. The molecule has 2 aromatic heterocycles. The van der Waals surface area contributed by atoms with Crippen molar-refractivity contribution >= 4 is 17.5 Å². The monoisotopic (exact) mass is 316 g/mol. The van der Waals surface area contributed by atoms with E-state index in [1.54, 1.807) is 13.0 Å². The van der Waals surface area contributed by atoms with Crippen molar-refractivity contribution in [3.8, 4) is 6.07 Å². The summed E-state index contributed by atoms with van der Waals surface area (Å²) in [5, 5.41) is 13.7. The Hall–Kier alpha value is -2.20. The van der Waals surface area contributed by atoms with Crippen LogP contribution in [0.15, 0.2) is 15.6 Å². The Kier molecular flexibility index (Phi) is 4.93. The van der Waals surface area contributed by atoms with E-state index in [-0.39, 0.29) is 11.7 Å². The fourth-order valence-electron chi connectivity index (χ4n) is 1.82. The molecule has 0 saturated heterocycles. The van der Waals surface area contributed by atoms with Gasteiger partial charge in [0.2, 0.25) is 5.89 Å². The van der Waals surface area contributed by atoms with E-state index in [0.717, 1.165) is 0 Å². The zero-order valence-corrected chi connectivity index (χ0v) is 13.7. The van der Waals surface area contributed by atoms with Gasteiger partial charge in [0.1, 0.15) is 11.1 Å². The first kappa shape index (κ1) is 16.2. The quantitative estimate of drug-likeness (QED) is 0.617. The SMILES string of the molecule is CC(=O)c1cc(C#N)c(SCc2nc(C(C)C)no2)nc1C. The molecule has 2 rings (SSSR count). The Morgan fingerprint density at radius 2 is 2.18 bits per heavy atom. The highest BCUT2D eigenvalue weighted by molar-refractivity contribution is 7.98. The molecule has 0 radical (unpaired) electrons. The fourth-order valence-corrected chi connectivity index (χ4v) is 2.66. The van der Waals surface area contributed by atoms with Crippen LogP contribution in [-0.2, 0) is 5.75 Å². The highest BCUT2D eigenvalue weighted by Crippen LogP contribution is 2.26. The molecule has 2 aromatic rings. The molecule has 0 aliphatic heterocycles. The Morgan fingerprint density at radius 3 is 2.73 bits per heavy atom. The van der Waals surface area contributed by atoms with E-state index >= 15 is 0 Å². The number of rotatable bonds is 5. The molecule has 0 aromatic carbocycles. The lowest BCUT2D eigenvalue weighted by molar-refractivity contribution is 0.101. The van der Waals surface area contributed by atoms with E-state index in [4.69, 9.17) is 4.52 Å². The van der Waals surface area contributed by atoms with Crippen LogP contribution in [0.1, 0.15) is 60.0 Å². The second-order valence-electron chi connectivity index (χ2n) is 5.13. The van der Waals surface area contributed by atoms with E-state index in [0.29, 0.717) is 39.3 Å². The lowest BCUT2D eigenvalue weighted by Gasteiger charge is -2.06. The Labute approximate surface area is 132 Å². The number of Topliss-reactive ketones (excluding diaryl/α,β-unsaturated/α-hetero) is 1. The smallest absolute Gasteiger partial charge is 0.237 e. The van der Waals surface area contributed by atoms with Gasteiger partial charge in [-0.1, -0.05) is 30.8 Å². The van der Waals surface area contributed by atoms with E-state index in [1.165, 1.54) is 18.7 Å². The third-order valence-electron chi connectivity index (χ3n) is 3.01. The summed E-state index contributed by atoms with van der Waals surface area (Å²) in [4.78, 5) is 20.1. The van der Waals surface area contributed by atoms with Crippen LogP contribution in [0.4, 0.5) is 0 Å². The molecule has 0 atom stereocenters. The standard InChI is InChI=1S/C15H16N4O2S/c1-8(2)14-18-13(21-19-14)7-22-15-11(6-16)5-12(10(4)20)9(3)17-15/h5,8H,7H2,1-4H3. The van der Waals surface area contributed by atoms with E-state index in [2.05, 4.69) is 21.2 Å². The molecular formula is C15H16N4O2S. The van der Waals surface area contributed by atoms with Gasteiger partial charge in [0, 0.05) is 17.2 Å². The molecule has 114 valence electrons. The minimum atomic E-state index is -0.100. The molecule has 0 aliphatic carbocycles. The van der Waals surface area contributed by atoms with Crippen molar-refractivity contribution in [2.24, 2.45) is 0 Å². The lowest BCUT2D eigenvalue weighted by Crippen LogP contribution is -2.02. The third kappa shape index (κ3) is 3.52. The van der Waals surface area contributed by atoms with Crippen LogP contribution in [0.3, 0.4) is 0 Å². The van der Waals surface area contributed by atoms with Crippen molar-refractivity contribution in [2.45, 2.75) is 44.4 Å². The van der Waals surface area contributed by atoms with Crippen LogP contribution in [-0.4, -0.2) is 20.9 Å². The van der Waals surface area contributed by atoms with Crippen molar-refractivity contribution in [3.05, 3.63) is 34.6 Å².